The first-order valence-electron chi connectivity index (χ1n) is 10.4. The quantitative estimate of drug-likeness (QED) is 0.522. The number of benzene rings is 1. The second-order valence-electron chi connectivity index (χ2n) is 8.48. The van der Waals surface area contributed by atoms with E-state index in [2.05, 4.69) is 35.5 Å². The van der Waals surface area contributed by atoms with Gasteiger partial charge in [0.25, 0.3) is 0 Å². The zero-order chi connectivity index (χ0) is 21.7. The van der Waals surface area contributed by atoms with Crippen LogP contribution in [0.4, 0.5) is 20.5 Å². The molecule has 11 heteroatoms. The molecule has 3 aromatic heterocycles. The lowest BCUT2D eigenvalue weighted by Crippen LogP contribution is -2.38. The average Bonchev–Trinajstić information content (AvgIpc) is 3.11. The van der Waals surface area contributed by atoms with Crippen molar-refractivity contribution in [3.63, 3.8) is 0 Å². The molecule has 1 aliphatic carbocycles. The lowest BCUT2D eigenvalue weighted by Gasteiger charge is -2.28. The van der Waals surface area contributed by atoms with Gasteiger partial charge in [-0.25, -0.2) is 15.0 Å². The number of rotatable bonds is 3. The topological polar surface area (TPSA) is 104 Å². The number of nitrogens with zero attached hydrogens (tertiary/aromatic N) is 6. The van der Waals surface area contributed by atoms with Crippen LogP contribution in [-0.2, 0) is 12.8 Å². The summed E-state index contributed by atoms with van der Waals surface area (Å²) in [5, 5.41) is 5.10. The second kappa shape index (κ2) is 5.72. The highest BCUT2D eigenvalue weighted by molar-refractivity contribution is 5.97. The first-order chi connectivity index (χ1) is 15.4. The second-order valence-corrected chi connectivity index (χ2v) is 8.48. The molecule has 1 aromatic carbocycles. The van der Waals surface area contributed by atoms with Crippen LogP contribution < -0.4 is 20.1 Å². The molecule has 5 heterocycles. The summed E-state index contributed by atoms with van der Waals surface area (Å²) in [6.07, 6.45) is 1.75. The van der Waals surface area contributed by atoms with Gasteiger partial charge in [-0.05, 0) is 43.0 Å². The Morgan fingerprint density at radius 2 is 2.00 bits per heavy atom. The minimum atomic E-state index is -3.74. The van der Waals surface area contributed by atoms with E-state index in [0.29, 0.717) is 23.3 Å². The molecule has 0 unspecified atom stereocenters. The molecule has 2 aliphatic heterocycles. The van der Waals surface area contributed by atoms with Gasteiger partial charge in [-0.1, -0.05) is 6.07 Å². The van der Waals surface area contributed by atoms with Gasteiger partial charge >= 0.3 is 6.29 Å². The molecule has 9 nitrogen and oxygen atoms in total. The summed E-state index contributed by atoms with van der Waals surface area (Å²) in [5.41, 5.74) is 7.91. The van der Waals surface area contributed by atoms with Crippen molar-refractivity contribution in [2.45, 2.75) is 37.5 Å². The van der Waals surface area contributed by atoms with Crippen LogP contribution in [0.2, 0.25) is 0 Å². The minimum absolute atomic E-state index is 0.0384. The van der Waals surface area contributed by atoms with E-state index in [1.54, 1.807) is 6.07 Å². The van der Waals surface area contributed by atoms with E-state index in [9.17, 15) is 8.78 Å². The average molecular weight is 437 g/mol. The molecule has 2 N–H and O–H groups in total. The fourth-order valence-electron chi connectivity index (χ4n) is 4.87. The Balaban J connectivity index is 1.30. The first kappa shape index (κ1) is 17.9. The summed E-state index contributed by atoms with van der Waals surface area (Å²) in [6, 6.07) is 7.12. The normalized spacial score (nSPS) is 19.6. The highest BCUT2D eigenvalue weighted by atomic mass is 19.3. The van der Waals surface area contributed by atoms with Crippen molar-refractivity contribution in [3.8, 4) is 11.5 Å². The SMILES string of the molecule is Nc1nc2c3c(ccc2c2nc(CC4(N5CCc6cccnc65)CC4)nn12)OC(F)(F)O3. The van der Waals surface area contributed by atoms with Crippen molar-refractivity contribution in [2.75, 3.05) is 17.2 Å². The van der Waals surface area contributed by atoms with Crippen LogP contribution in [0.5, 0.6) is 11.5 Å². The number of hydrogen-bond acceptors (Lipinski definition) is 8. The predicted molar refractivity (Wildman–Crippen MR) is 110 cm³/mol. The fraction of sp³-hybridized carbons (Fsp3) is 0.333. The van der Waals surface area contributed by atoms with Crippen molar-refractivity contribution in [1.82, 2.24) is 24.6 Å². The van der Waals surface area contributed by atoms with E-state index < -0.39 is 6.29 Å². The minimum Gasteiger partial charge on any atom is -0.395 e. The van der Waals surface area contributed by atoms with E-state index in [4.69, 9.17) is 10.7 Å². The molecule has 32 heavy (non-hydrogen) atoms. The number of ether oxygens (including phenoxy) is 2. The number of halogens is 2. The first-order valence-corrected chi connectivity index (χ1v) is 10.4. The Morgan fingerprint density at radius 3 is 2.84 bits per heavy atom. The molecular weight excluding hydrogens is 420 g/mol. The highest BCUT2D eigenvalue weighted by Crippen LogP contribution is 2.49. The molecule has 0 amide bonds. The molecule has 4 aromatic rings. The van der Waals surface area contributed by atoms with Crippen LogP contribution in [0.1, 0.15) is 24.2 Å². The fourth-order valence-corrected chi connectivity index (χ4v) is 4.87. The Hall–Kier alpha value is -3.76. The van der Waals surface area contributed by atoms with Gasteiger partial charge < -0.3 is 20.1 Å². The van der Waals surface area contributed by atoms with E-state index in [1.807, 2.05) is 12.3 Å². The van der Waals surface area contributed by atoms with Gasteiger partial charge in [-0.2, -0.15) is 4.52 Å². The molecule has 7 rings (SSSR count). The third-order valence-corrected chi connectivity index (χ3v) is 6.50. The third kappa shape index (κ3) is 2.41. The van der Waals surface area contributed by atoms with Gasteiger partial charge in [0.15, 0.2) is 23.0 Å². The molecule has 3 aliphatic rings. The highest BCUT2D eigenvalue weighted by Gasteiger charge is 2.51. The van der Waals surface area contributed by atoms with Gasteiger partial charge in [0.2, 0.25) is 5.95 Å². The summed E-state index contributed by atoms with van der Waals surface area (Å²) in [5.74, 6) is 1.46. The maximum absolute atomic E-state index is 13.6. The molecule has 0 saturated heterocycles. The van der Waals surface area contributed by atoms with Crippen LogP contribution >= 0.6 is 0 Å². The summed E-state index contributed by atoms with van der Waals surface area (Å²) in [4.78, 5) is 15.9. The number of nitrogens with two attached hydrogens (primary N) is 1. The van der Waals surface area contributed by atoms with Crippen molar-refractivity contribution >= 4 is 28.3 Å². The maximum atomic E-state index is 13.6. The van der Waals surface area contributed by atoms with Crippen LogP contribution in [0.15, 0.2) is 30.5 Å². The van der Waals surface area contributed by atoms with E-state index in [1.165, 1.54) is 16.1 Å². The van der Waals surface area contributed by atoms with Crippen LogP contribution in [-0.4, -0.2) is 42.9 Å². The summed E-state index contributed by atoms with van der Waals surface area (Å²) < 4.78 is 37.8. The van der Waals surface area contributed by atoms with Gasteiger partial charge in [0.1, 0.15) is 11.3 Å². The lowest BCUT2D eigenvalue weighted by molar-refractivity contribution is -0.286. The van der Waals surface area contributed by atoms with Crippen molar-refractivity contribution in [2.24, 2.45) is 0 Å². The molecule has 0 radical (unpaired) electrons. The number of nitrogen functional groups attached to an aromatic ring is 1. The van der Waals surface area contributed by atoms with E-state index in [-0.39, 0.29) is 28.5 Å². The monoisotopic (exact) mass is 437 g/mol. The lowest BCUT2D eigenvalue weighted by atomic mass is 10.1. The van der Waals surface area contributed by atoms with Gasteiger partial charge in [-0.3, -0.25) is 0 Å². The van der Waals surface area contributed by atoms with Crippen LogP contribution in [0.25, 0.3) is 16.6 Å². The van der Waals surface area contributed by atoms with Crippen molar-refractivity contribution in [3.05, 3.63) is 41.9 Å². The Labute approximate surface area is 179 Å². The van der Waals surface area contributed by atoms with Gasteiger partial charge in [0.05, 0.1) is 0 Å². The van der Waals surface area contributed by atoms with E-state index in [0.717, 1.165) is 31.6 Å². The number of pyridine rings is 1. The summed E-state index contributed by atoms with van der Waals surface area (Å²) in [7, 11) is 0. The van der Waals surface area contributed by atoms with Gasteiger partial charge in [-0.15, -0.1) is 13.9 Å². The third-order valence-electron chi connectivity index (χ3n) is 6.50. The molecule has 1 saturated carbocycles. The van der Waals surface area contributed by atoms with Crippen LogP contribution in [0.3, 0.4) is 0 Å². The molecule has 0 atom stereocenters. The van der Waals surface area contributed by atoms with E-state index >= 15 is 0 Å². The smallest absolute Gasteiger partial charge is 0.395 e. The number of aromatic nitrogens is 5. The zero-order valence-corrected chi connectivity index (χ0v) is 16.8. The number of alkyl halides is 2. The molecule has 1 fully saturated rings. The Bertz CT molecular complexity index is 1430. The molecule has 0 spiro atoms. The zero-order valence-electron chi connectivity index (χ0n) is 16.8. The Kier molecular flexibility index (Phi) is 3.20. The molecule has 162 valence electrons. The largest absolute Gasteiger partial charge is 0.586 e. The number of hydrogen-bond donors (Lipinski definition) is 1. The van der Waals surface area contributed by atoms with Gasteiger partial charge in [0, 0.05) is 30.1 Å². The molecule has 0 bridgehead atoms. The van der Waals surface area contributed by atoms with Crippen LogP contribution in [0, 0.1) is 0 Å². The Morgan fingerprint density at radius 1 is 1.12 bits per heavy atom. The standard InChI is InChI=1S/C21H17F2N7O2/c22-21(23)31-13-4-3-12-15(16(13)32-21)27-19(24)30-18(12)26-14(28-30)10-20(6-7-20)29-9-5-11-2-1-8-25-17(11)29/h1-4,8H,5-7,9-10H2,(H2,24,27). The maximum Gasteiger partial charge on any atom is 0.586 e. The van der Waals surface area contributed by atoms with Crippen molar-refractivity contribution in [1.29, 1.82) is 0 Å². The number of anilines is 2. The number of fused-ring (bicyclic) bond motifs is 6. The van der Waals surface area contributed by atoms with Crippen molar-refractivity contribution < 1.29 is 18.3 Å². The molecular formula is C21H17F2N7O2. The predicted octanol–water partition coefficient (Wildman–Crippen LogP) is 2.71. The summed E-state index contributed by atoms with van der Waals surface area (Å²) >= 11 is 0. The summed E-state index contributed by atoms with van der Waals surface area (Å²) in [6.45, 7) is 0.921.